The second-order valence-electron chi connectivity index (χ2n) is 5.28. The fraction of sp³-hybridized carbons (Fsp3) is 0.500. The number of carbonyl (C=O) groups is 1. The van der Waals surface area contributed by atoms with Gasteiger partial charge in [0.15, 0.2) is 0 Å². The molecule has 0 unspecified atom stereocenters. The highest BCUT2D eigenvalue weighted by atomic mass is 32.1. The van der Waals surface area contributed by atoms with Crippen LogP contribution in [-0.4, -0.2) is 63.7 Å². The van der Waals surface area contributed by atoms with Gasteiger partial charge in [-0.05, 0) is 25.4 Å². The maximum Gasteiger partial charge on any atom is 0.267 e. The first-order valence-electron chi connectivity index (χ1n) is 7.31. The van der Waals surface area contributed by atoms with Crippen molar-refractivity contribution in [3.63, 3.8) is 0 Å². The molecule has 0 N–H and O–H groups in total. The van der Waals surface area contributed by atoms with E-state index in [0.29, 0.717) is 35.4 Å². The third-order valence-electron chi connectivity index (χ3n) is 3.75. The molecule has 1 aliphatic rings. The summed E-state index contributed by atoms with van der Waals surface area (Å²) in [5, 5.41) is 3.90. The molecule has 1 amide bonds. The number of aromatic nitrogens is 4. The minimum Gasteiger partial charge on any atom is -0.481 e. The quantitative estimate of drug-likeness (QED) is 0.825. The van der Waals surface area contributed by atoms with Gasteiger partial charge >= 0.3 is 0 Å². The van der Waals surface area contributed by atoms with Crippen LogP contribution in [0.5, 0.6) is 5.88 Å². The Bertz CT molecular complexity index is 711. The minimum absolute atomic E-state index is 0.00796. The molecule has 0 saturated carbocycles. The standard InChI is InChI=1S/C14H18N6O2S/c1-9-13(23-18-17-9)14(21)20-6-4-19(5-7-20)11-8-12(22-3)16-10(2)15-11/h8H,4-7H2,1-3H3. The number of hydrogen-bond acceptors (Lipinski definition) is 8. The molecule has 2 aromatic rings. The van der Waals surface area contributed by atoms with E-state index in [-0.39, 0.29) is 5.91 Å². The Morgan fingerprint density at radius 2 is 1.96 bits per heavy atom. The lowest BCUT2D eigenvalue weighted by molar-refractivity contribution is 0.0750. The zero-order chi connectivity index (χ0) is 16.4. The molecule has 0 aliphatic carbocycles. The lowest BCUT2D eigenvalue weighted by Crippen LogP contribution is -2.49. The second-order valence-corrected chi connectivity index (χ2v) is 6.04. The Balaban J connectivity index is 1.68. The van der Waals surface area contributed by atoms with Crippen LogP contribution in [0.15, 0.2) is 6.07 Å². The van der Waals surface area contributed by atoms with Crippen LogP contribution in [-0.2, 0) is 0 Å². The van der Waals surface area contributed by atoms with Gasteiger partial charge in [-0.3, -0.25) is 4.79 Å². The lowest BCUT2D eigenvalue weighted by Gasteiger charge is -2.35. The molecule has 3 rings (SSSR count). The summed E-state index contributed by atoms with van der Waals surface area (Å²) in [6.45, 7) is 6.37. The topological polar surface area (TPSA) is 84.3 Å². The van der Waals surface area contributed by atoms with Crippen LogP contribution in [0.1, 0.15) is 21.2 Å². The molecule has 2 aromatic heterocycles. The molecule has 8 nitrogen and oxygen atoms in total. The van der Waals surface area contributed by atoms with Gasteiger partial charge in [0.05, 0.1) is 12.8 Å². The Hall–Kier alpha value is -2.29. The number of aryl methyl sites for hydroxylation is 2. The largest absolute Gasteiger partial charge is 0.481 e. The number of amides is 1. The van der Waals surface area contributed by atoms with E-state index in [2.05, 4.69) is 24.5 Å². The average Bonchev–Trinajstić information content (AvgIpc) is 2.99. The van der Waals surface area contributed by atoms with Crippen molar-refractivity contribution in [3.05, 3.63) is 22.5 Å². The van der Waals surface area contributed by atoms with Crippen molar-refractivity contribution < 1.29 is 9.53 Å². The molecule has 3 heterocycles. The molecule has 0 atom stereocenters. The van der Waals surface area contributed by atoms with E-state index in [0.717, 1.165) is 30.4 Å². The first-order valence-corrected chi connectivity index (χ1v) is 8.08. The highest BCUT2D eigenvalue weighted by Crippen LogP contribution is 2.20. The molecule has 122 valence electrons. The van der Waals surface area contributed by atoms with E-state index in [1.165, 1.54) is 0 Å². The van der Waals surface area contributed by atoms with Crippen molar-refractivity contribution >= 4 is 23.3 Å². The van der Waals surface area contributed by atoms with E-state index in [1.807, 2.05) is 24.8 Å². The Morgan fingerprint density at radius 1 is 1.22 bits per heavy atom. The van der Waals surface area contributed by atoms with E-state index in [9.17, 15) is 4.79 Å². The van der Waals surface area contributed by atoms with Gasteiger partial charge in [-0.1, -0.05) is 4.49 Å². The van der Waals surface area contributed by atoms with Crippen molar-refractivity contribution in [1.82, 2.24) is 24.5 Å². The summed E-state index contributed by atoms with van der Waals surface area (Å²) in [5.41, 5.74) is 0.693. The molecule has 0 aromatic carbocycles. The summed E-state index contributed by atoms with van der Waals surface area (Å²) in [4.78, 5) is 25.7. The van der Waals surface area contributed by atoms with Crippen molar-refractivity contribution in [1.29, 1.82) is 0 Å². The second kappa shape index (κ2) is 6.45. The number of ether oxygens (including phenoxy) is 1. The fourth-order valence-corrected chi connectivity index (χ4v) is 3.13. The number of anilines is 1. The molecular weight excluding hydrogens is 316 g/mol. The van der Waals surface area contributed by atoms with Crippen LogP contribution in [0.25, 0.3) is 0 Å². The number of piperazine rings is 1. The van der Waals surface area contributed by atoms with Crippen molar-refractivity contribution in [3.8, 4) is 5.88 Å². The van der Waals surface area contributed by atoms with Crippen LogP contribution in [0.4, 0.5) is 5.82 Å². The average molecular weight is 334 g/mol. The van der Waals surface area contributed by atoms with E-state index in [1.54, 1.807) is 7.11 Å². The fourth-order valence-electron chi connectivity index (χ4n) is 2.50. The van der Waals surface area contributed by atoms with Gasteiger partial charge in [-0.2, -0.15) is 4.98 Å². The summed E-state index contributed by atoms with van der Waals surface area (Å²) < 4.78 is 9.03. The number of methoxy groups -OCH3 is 1. The van der Waals surface area contributed by atoms with Gasteiger partial charge in [0, 0.05) is 32.2 Å². The van der Waals surface area contributed by atoms with E-state index in [4.69, 9.17) is 4.74 Å². The van der Waals surface area contributed by atoms with E-state index >= 15 is 0 Å². The van der Waals surface area contributed by atoms with Gasteiger partial charge in [0.2, 0.25) is 5.88 Å². The molecule has 23 heavy (non-hydrogen) atoms. The predicted molar refractivity (Wildman–Crippen MR) is 86.1 cm³/mol. The van der Waals surface area contributed by atoms with E-state index < -0.39 is 0 Å². The lowest BCUT2D eigenvalue weighted by atomic mass is 10.2. The normalized spacial score (nSPS) is 14.9. The first-order chi connectivity index (χ1) is 11.1. The van der Waals surface area contributed by atoms with Crippen LogP contribution in [0, 0.1) is 13.8 Å². The first kappa shape index (κ1) is 15.6. The number of nitrogens with zero attached hydrogens (tertiary/aromatic N) is 6. The molecule has 9 heteroatoms. The SMILES string of the molecule is COc1cc(N2CCN(C(=O)c3snnc3C)CC2)nc(C)n1. The van der Waals surface area contributed by atoms with Crippen molar-refractivity contribution in [2.24, 2.45) is 0 Å². The number of rotatable bonds is 3. The van der Waals surface area contributed by atoms with Gasteiger partial charge in [-0.15, -0.1) is 5.10 Å². The third kappa shape index (κ3) is 3.24. The predicted octanol–water partition coefficient (Wildman–Crippen LogP) is 0.916. The highest BCUT2D eigenvalue weighted by molar-refractivity contribution is 7.07. The maximum atomic E-state index is 12.5. The monoisotopic (exact) mass is 334 g/mol. The molecule has 1 fully saturated rings. The Kier molecular flexibility index (Phi) is 4.37. The van der Waals surface area contributed by atoms with Gasteiger partial charge in [0.1, 0.15) is 16.5 Å². The van der Waals surface area contributed by atoms with Crippen LogP contribution in [0.3, 0.4) is 0 Å². The molecule has 0 spiro atoms. The van der Waals surface area contributed by atoms with Crippen LogP contribution < -0.4 is 9.64 Å². The van der Waals surface area contributed by atoms with Gasteiger partial charge in [-0.25, -0.2) is 4.98 Å². The number of carbonyl (C=O) groups excluding carboxylic acids is 1. The molecule has 1 saturated heterocycles. The molecular formula is C14H18N6O2S. The summed E-state index contributed by atoms with van der Waals surface area (Å²) >= 11 is 1.15. The summed E-state index contributed by atoms with van der Waals surface area (Å²) in [5.74, 6) is 2.06. The summed E-state index contributed by atoms with van der Waals surface area (Å²) in [7, 11) is 1.59. The summed E-state index contributed by atoms with van der Waals surface area (Å²) in [6.07, 6.45) is 0. The molecule has 0 radical (unpaired) electrons. The highest BCUT2D eigenvalue weighted by Gasteiger charge is 2.25. The van der Waals surface area contributed by atoms with Crippen molar-refractivity contribution in [2.75, 3.05) is 38.2 Å². The minimum atomic E-state index is 0.00796. The number of hydrogen-bond donors (Lipinski definition) is 0. The Morgan fingerprint density at radius 3 is 2.57 bits per heavy atom. The van der Waals surface area contributed by atoms with Crippen molar-refractivity contribution in [2.45, 2.75) is 13.8 Å². The zero-order valence-corrected chi connectivity index (χ0v) is 14.1. The molecule has 1 aliphatic heterocycles. The zero-order valence-electron chi connectivity index (χ0n) is 13.3. The van der Waals surface area contributed by atoms with Gasteiger partial charge in [0.25, 0.3) is 5.91 Å². The van der Waals surface area contributed by atoms with Gasteiger partial charge < -0.3 is 14.5 Å². The van der Waals surface area contributed by atoms with Crippen LogP contribution in [0.2, 0.25) is 0 Å². The molecule has 0 bridgehead atoms. The van der Waals surface area contributed by atoms with Crippen LogP contribution >= 0.6 is 11.5 Å². The third-order valence-corrected chi connectivity index (χ3v) is 4.56. The summed E-state index contributed by atoms with van der Waals surface area (Å²) in [6, 6.07) is 1.82. The Labute approximate surface area is 138 Å². The smallest absolute Gasteiger partial charge is 0.267 e. The maximum absolute atomic E-state index is 12.5.